The monoisotopic (exact) mass is 390 g/mol. The Morgan fingerprint density at radius 2 is 1.74 bits per heavy atom. The molecule has 0 aliphatic carbocycles. The predicted molar refractivity (Wildman–Crippen MR) is 105 cm³/mol. The fourth-order valence-electron chi connectivity index (χ4n) is 2.58. The Labute approximate surface area is 161 Å². The third-order valence-corrected chi connectivity index (χ3v) is 5.69. The van der Waals surface area contributed by atoms with E-state index in [1.54, 1.807) is 31.4 Å². The first-order valence-electron chi connectivity index (χ1n) is 8.84. The maximum Gasteiger partial charge on any atom is 0.241 e. The van der Waals surface area contributed by atoms with Gasteiger partial charge in [0.05, 0.1) is 11.5 Å². The SMILES string of the molecule is COCCNC(=O)CCc1ccc(S(=O)(=O)N[C@@H](C)c2ccccc2)cc1. The van der Waals surface area contributed by atoms with Gasteiger partial charge in [-0.1, -0.05) is 42.5 Å². The van der Waals surface area contributed by atoms with E-state index in [9.17, 15) is 13.2 Å². The van der Waals surface area contributed by atoms with Gasteiger partial charge in [0.2, 0.25) is 15.9 Å². The van der Waals surface area contributed by atoms with E-state index in [1.807, 2.05) is 37.3 Å². The van der Waals surface area contributed by atoms with Gasteiger partial charge in [-0.05, 0) is 36.6 Å². The van der Waals surface area contributed by atoms with Crippen molar-refractivity contribution >= 4 is 15.9 Å². The average molecular weight is 391 g/mol. The van der Waals surface area contributed by atoms with Gasteiger partial charge in [-0.15, -0.1) is 0 Å². The van der Waals surface area contributed by atoms with Crippen molar-refractivity contribution in [3.63, 3.8) is 0 Å². The van der Waals surface area contributed by atoms with E-state index in [-0.39, 0.29) is 16.8 Å². The number of carbonyl (C=O) groups is 1. The first-order chi connectivity index (χ1) is 12.9. The predicted octanol–water partition coefficient (Wildman–Crippen LogP) is 2.42. The van der Waals surface area contributed by atoms with Gasteiger partial charge < -0.3 is 10.1 Å². The summed E-state index contributed by atoms with van der Waals surface area (Å²) in [5.41, 5.74) is 1.81. The largest absolute Gasteiger partial charge is 0.383 e. The molecule has 0 saturated heterocycles. The molecule has 1 amide bonds. The molecular weight excluding hydrogens is 364 g/mol. The molecule has 0 radical (unpaired) electrons. The minimum atomic E-state index is -3.61. The van der Waals surface area contributed by atoms with Crippen molar-refractivity contribution in [2.45, 2.75) is 30.7 Å². The summed E-state index contributed by atoms with van der Waals surface area (Å²) >= 11 is 0. The lowest BCUT2D eigenvalue weighted by Gasteiger charge is -2.15. The minimum Gasteiger partial charge on any atom is -0.383 e. The number of aryl methyl sites for hydroxylation is 1. The van der Waals surface area contributed by atoms with E-state index in [0.29, 0.717) is 26.0 Å². The van der Waals surface area contributed by atoms with Crippen molar-refractivity contribution in [3.05, 3.63) is 65.7 Å². The van der Waals surface area contributed by atoms with E-state index < -0.39 is 10.0 Å². The van der Waals surface area contributed by atoms with Gasteiger partial charge in [0, 0.05) is 26.1 Å². The molecule has 2 rings (SSSR count). The number of benzene rings is 2. The van der Waals surface area contributed by atoms with Crippen LogP contribution < -0.4 is 10.0 Å². The summed E-state index contributed by atoms with van der Waals surface area (Å²) in [4.78, 5) is 11.9. The van der Waals surface area contributed by atoms with Crippen LogP contribution in [0, 0.1) is 0 Å². The van der Waals surface area contributed by atoms with Crippen molar-refractivity contribution in [1.29, 1.82) is 0 Å². The number of hydrogen-bond acceptors (Lipinski definition) is 4. The van der Waals surface area contributed by atoms with Crippen LogP contribution in [0.15, 0.2) is 59.5 Å². The standard InChI is InChI=1S/C20H26N2O4S/c1-16(18-6-4-3-5-7-18)22-27(24,25)19-11-8-17(9-12-19)10-13-20(23)21-14-15-26-2/h3-9,11-12,16,22H,10,13-15H2,1-2H3,(H,21,23)/t16-/m0/s1. The average Bonchev–Trinajstić information content (AvgIpc) is 2.67. The number of hydrogen-bond donors (Lipinski definition) is 2. The van der Waals surface area contributed by atoms with Crippen LogP contribution >= 0.6 is 0 Å². The Morgan fingerprint density at radius 3 is 2.37 bits per heavy atom. The maximum atomic E-state index is 12.6. The molecule has 0 aliphatic heterocycles. The van der Waals surface area contributed by atoms with Gasteiger partial charge in [0.25, 0.3) is 0 Å². The van der Waals surface area contributed by atoms with E-state index in [1.165, 1.54) is 0 Å². The highest BCUT2D eigenvalue weighted by Crippen LogP contribution is 2.17. The highest BCUT2D eigenvalue weighted by molar-refractivity contribution is 7.89. The minimum absolute atomic E-state index is 0.0536. The molecule has 0 aliphatic rings. The smallest absolute Gasteiger partial charge is 0.241 e. The second kappa shape index (κ2) is 10.2. The summed E-state index contributed by atoms with van der Waals surface area (Å²) in [7, 11) is -2.03. The van der Waals surface area contributed by atoms with Crippen LogP contribution in [-0.2, 0) is 26.0 Å². The zero-order chi connectivity index (χ0) is 19.7. The van der Waals surface area contributed by atoms with E-state index in [4.69, 9.17) is 4.74 Å². The molecule has 0 bridgehead atoms. The van der Waals surface area contributed by atoms with Crippen LogP contribution in [0.1, 0.15) is 30.5 Å². The summed E-state index contributed by atoms with van der Waals surface area (Å²) in [5.74, 6) is -0.0536. The molecule has 0 spiro atoms. The Bertz CT molecular complexity index is 821. The summed E-state index contributed by atoms with van der Waals surface area (Å²) in [6.07, 6.45) is 0.895. The number of carbonyl (C=O) groups excluding carboxylic acids is 1. The molecule has 27 heavy (non-hydrogen) atoms. The van der Waals surface area contributed by atoms with Crippen molar-refractivity contribution < 1.29 is 17.9 Å². The summed E-state index contributed by atoms with van der Waals surface area (Å²) < 4.78 is 32.7. The number of ether oxygens (including phenoxy) is 1. The second-order valence-corrected chi connectivity index (χ2v) is 7.95. The van der Waals surface area contributed by atoms with Gasteiger partial charge in [-0.3, -0.25) is 4.79 Å². The van der Waals surface area contributed by atoms with Crippen LogP contribution in [-0.4, -0.2) is 34.6 Å². The van der Waals surface area contributed by atoms with Crippen LogP contribution in [0.25, 0.3) is 0 Å². The normalized spacial score (nSPS) is 12.5. The zero-order valence-corrected chi connectivity index (χ0v) is 16.5. The molecule has 2 N–H and O–H groups in total. The summed E-state index contributed by atoms with van der Waals surface area (Å²) in [5, 5.41) is 2.76. The lowest BCUT2D eigenvalue weighted by atomic mass is 10.1. The summed E-state index contributed by atoms with van der Waals surface area (Å²) in [6, 6.07) is 15.7. The van der Waals surface area contributed by atoms with Crippen LogP contribution in [0.2, 0.25) is 0 Å². The number of sulfonamides is 1. The fourth-order valence-corrected chi connectivity index (χ4v) is 3.82. The highest BCUT2D eigenvalue weighted by Gasteiger charge is 2.18. The van der Waals surface area contributed by atoms with Crippen molar-refractivity contribution in [2.24, 2.45) is 0 Å². The lowest BCUT2D eigenvalue weighted by molar-refractivity contribution is -0.121. The molecular formula is C20H26N2O4S. The third-order valence-electron chi connectivity index (χ3n) is 4.13. The van der Waals surface area contributed by atoms with Crippen molar-refractivity contribution in [1.82, 2.24) is 10.0 Å². The molecule has 0 saturated carbocycles. The van der Waals surface area contributed by atoms with Crippen molar-refractivity contribution in [3.8, 4) is 0 Å². The molecule has 2 aromatic carbocycles. The third kappa shape index (κ3) is 6.78. The van der Waals surface area contributed by atoms with Gasteiger partial charge in [0.15, 0.2) is 0 Å². The fraction of sp³-hybridized carbons (Fsp3) is 0.350. The Kier molecular flexibility index (Phi) is 7.97. The first-order valence-corrected chi connectivity index (χ1v) is 10.3. The number of methoxy groups -OCH3 is 1. The van der Waals surface area contributed by atoms with E-state index >= 15 is 0 Å². The summed E-state index contributed by atoms with van der Waals surface area (Å²) in [6.45, 7) is 2.77. The van der Waals surface area contributed by atoms with Crippen LogP contribution in [0.5, 0.6) is 0 Å². The molecule has 146 valence electrons. The number of amides is 1. The molecule has 2 aromatic rings. The van der Waals surface area contributed by atoms with Crippen LogP contribution in [0.3, 0.4) is 0 Å². The Morgan fingerprint density at radius 1 is 1.07 bits per heavy atom. The molecule has 6 nitrogen and oxygen atoms in total. The first kappa shape index (κ1) is 21.1. The number of nitrogens with one attached hydrogen (secondary N) is 2. The van der Waals surface area contributed by atoms with Crippen molar-refractivity contribution in [2.75, 3.05) is 20.3 Å². The molecule has 1 atom stereocenters. The number of rotatable bonds is 10. The van der Waals surface area contributed by atoms with Gasteiger partial charge in [-0.25, -0.2) is 13.1 Å². The van der Waals surface area contributed by atoms with Gasteiger partial charge in [0.1, 0.15) is 0 Å². The van der Waals surface area contributed by atoms with E-state index in [0.717, 1.165) is 11.1 Å². The van der Waals surface area contributed by atoms with Crippen LogP contribution in [0.4, 0.5) is 0 Å². The van der Waals surface area contributed by atoms with Gasteiger partial charge in [-0.2, -0.15) is 0 Å². The molecule has 7 heteroatoms. The topological polar surface area (TPSA) is 84.5 Å². The Balaban J connectivity index is 1.92. The quantitative estimate of drug-likeness (QED) is 0.610. The lowest BCUT2D eigenvalue weighted by Crippen LogP contribution is -2.27. The van der Waals surface area contributed by atoms with Gasteiger partial charge >= 0.3 is 0 Å². The highest BCUT2D eigenvalue weighted by atomic mass is 32.2. The molecule has 0 aromatic heterocycles. The second-order valence-electron chi connectivity index (χ2n) is 6.24. The molecule has 0 heterocycles. The molecule has 0 fully saturated rings. The van der Waals surface area contributed by atoms with E-state index in [2.05, 4.69) is 10.0 Å². The zero-order valence-electron chi connectivity index (χ0n) is 15.6. The Hall–Kier alpha value is -2.22. The maximum absolute atomic E-state index is 12.6. The molecule has 0 unspecified atom stereocenters.